The monoisotopic (exact) mass is 226 g/mol. The first-order valence-electron chi connectivity index (χ1n) is 7.11. The fourth-order valence-corrected chi connectivity index (χ4v) is 3.19. The predicted molar refractivity (Wildman–Crippen MR) is 71.6 cm³/mol. The summed E-state index contributed by atoms with van der Waals surface area (Å²) >= 11 is 0. The minimum atomic E-state index is 0.0992. The molecular formula is C14H30N2. The molecule has 1 aliphatic carbocycles. The van der Waals surface area contributed by atoms with Gasteiger partial charge in [-0.2, -0.15) is 0 Å². The van der Waals surface area contributed by atoms with Gasteiger partial charge < -0.3 is 10.6 Å². The smallest absolute Gasteiger partial charge is 0.0285 e. The Hall–Kier alpha value is -0.0800. The van der Waals surface area contributed by atoms with Gasteiger partial charge in [0, 0.05) is 12.1 Å². The van der Waals surface area contributed by atoms with Crippen LogP contribution in [0, 0.1) is 5.92 Å². The van der Waals surface area contributed by atoms with Gasteiger partial charge in [-0.05, 0) is 44.7 Å². The van der Waals surface area contributed by atoms with Crippen LogP contribution in [0.5, 0.6) is 0 Å². The zero-order valence-corrected chi connectivity index (χ0v) is 11.5. The highest BCUT2D eigenvalue weighted by Gasteiger charge is 2.32. The van der Waals surface area contributed by atoms with Crippen LogP contribution >= 0.6 is 0 Å². The average Bonchev–Trinajstić information content (AvgIpc) is 2.17. The Kier molecular flexibility index (Phi) is 5.77. The number of nitrogens with two attached hydrogens (primary N) is 1. The van der Waals surface area contributed by atoms with Crippen LogP contribution in [0.15, 0.2) is 0 Å². The second kappa shape index (κ2) is 6.61. The molecule has 0 heterocycles. The number of nitrogens with zero attached hydrogens (tertiary/aromatic N) is 1. The van der Waals surface area contributed by atoms with Crippen molar-refractivity contribution in [3.63, 3.8) is 0 Å². The highest BCUT2D eigenvalue weighted by Crippen LogP contribution is 2.31. The Morgan fingerprint density at radius 3 is 2.38 bits per heavy atom. The Morgan fingerprint density at radius 1 is 1.25 bits per heavy atom. The van der Waals surface area contributed by atoms with Crippen LogP contribution in [0.2, 0.25) is 0 Å². The summed E-state index contributed by atoms with van der Waals surface area (Å²) in [6.45, 7) is 10.4. The summed E-state index contributed by atoms with van der Waals surface area (Å²) in [5.74, 6) is 0.823. The quantitative estimate of drug-likeness (QED) is 0.754. The van der Waals surface area contributed by atoms with Crippen molar-refractivity contribution < 1.29 is 0 Å². The van der Waals surface area contributed by atoms with Gasteiger partial charge in [-0.25, -0.2) is 0 Å². The molecule has 0 bridgehead atoms. The van der Waals surface area contributed by atoms with Crippen molar-refractivity contribution in [2.24, 2.45) is 11.7 Å². The Bertz CT molecular complexity index is 187. The van der Waals surface area contributed by atoms with Crippen LogP contribution in [0.1, 0.15) is 59.3 Å². The molecule has 1 saturated carbocycles. The van der Waals surface area contributed by atoms with Crippen molar-refractivity contribution in [1.29, 1.82) is 0 Å². The molecule has 2 atom stereocenters. The Morgan fingerprint density at radius 2 is 1.88 bits per heavy atom. The second-order valence-corrected chi connectivity index (χ2v) is 5.84. The summed E-state index contributed by atoms with van der Waals surface area (Å²) < 4.78 is 0. The molecule has 0 amide bonds. The summed E-state index contributed by atoms with van der Waals surface area (Å²) in [4.78, 5) is 2.57. The van der Waals surface area contributed by atoms with E-state index in [1.807, 2.05) is 0 Å². The third kappa shape index (κ3) is 4.42. The molecule has 1 aliphatic rings. The summed E-state index contributed by atoms with van der Waals surface area (Å²) in [5, 5.41) is 0. The predicted octanol–water partition coefficient (Wildman–Crippen LogP) is 3.02. The van der Waals surface area contributed by atoms with Gasteiger partial charge >= 0.3 is 0 Å². The summed E-state index contributed by atoms with van der Waals surface area (Å²) in [6.07, 6.45) is 7.62. The molecule has 0 aromatic heterocycles. The first-order chi connectivity index (χ1) is 7.59. The van der Waals surface area contributed by atoms with Crippen molar-refractivity contribution in [3.8, 4) is 0 Å². The lowest BCUT2D eigenvalue weighted by Crippen LogP contribution is -2.53. The number of hydrogen-bond donors (Lipinski definition) is 1. The molecular weight excluding hydrogens is 196 g/mol. The molecule has 0 saturated heterocycles. The first kappa shape index (κ1) is 14.0. The number of hydrogen-bond acceptors (Lipinski definition) is 2. The van der Waals surface area contributed by atoms with Gasteiger partial charge in [-0.1, -0.05) is 33.6 Å². The van der Waals surface area contributed by atoms with Gasteiger partial charge in [0.15, 0.2) is 0 Å². The van der Waals surface area contributed by atoms with Crippen molar-refractivity contribution >= 4 is 0 Å². The summed E-state index contributed by atoms with van der Waals surface area (Å²) in [5.41, 5.74) is 6.67. The fourth-order valence-electron chi connectivity index (χ4n) is 3.19. The molecule has 1 rings (SSSR count). The normalized spacial score (nSPS) is 30.9. The maximum atomic E-state index is 6.57. The highest BCUT2D eigenvalue weighted by molar-refractivity contribution is 4.92. The summed E-state index contributed by atoms with van der Waals surface area (Å²) in [6, 6.07) is 0. The third-order valence-electron chi connectivity index (χ3n) is 3.74. The zero-order chi connectivity index (χ0) is 12.0. The molecule has 0 aliphatic heterocycles. The summed E-state index contributed by atoms with van der Waals surface area (Å²) in [7, 11) is 0. The SMILES string of the molecule is CCCN(CCC)CC1(N)CCCC(C)C1. The molecule has 2 nitrogen and oxygen atoms in total. The zero-order valence-electron chi connectivity index (χ0n) is 11.5. The lowest BCUT2D eigenvalue weighted by atomic mass is 9.77. The van der Waals surface area contributed by atoms with Crippen molar-refractivity contribution in [2.45, 2.75) is 64.8 Å². The minimum Gasteiger partial charge on any atom is -0.324 e. The van der Waals surface area contributed by atoms with Crippen LogP contribution in [0.3, 0.4) is 0 Å². The van der Waals surface area contributed by atoms with Gasteiger partial charge in [-0.3, -0.25) is 0 Å². The topological polar surface area (TPSA) is 29.3 Å². The minimum absolute atomic E-state index is 0.0992. The van der Waals surface area contributed by atoms with E-state index in [-0.39, 0.29) is 5.54 Å². The average molecular weight is 226 g/mol. The number of rotatable bonds is 6. The molecule has 2 unspecified atom stereocenters. The van der Waals surface area contributed by atoms with Crippen LogP contribution in [-0.4, -0.2) is 30.1 Å². The van der Waals surface area contributed by atoms with E-state index < -0.39 is 0 Å². The largest absolute Gasteiger partial charge is 0.324 e. The molecule has 0 spiro atoms. The molecule has 0 aromatic rings. The van der Waals surface area contributed by atoms with Crippen LogP contribution in [0.25, 0.3) is 0 Å². The fraction of sp³-hybridized carbons (Fsp3) is 1.00. The van der Waals surface area contributed by atoms with E-state index in [4.69, 9.17) is 5.73 Å². The van der Waals surface area contributed by atoms with Crippen molar-refractivity contribution in [1.82, 2.24) is 4.90 Å². The third-order valence-corrected chi connectivity index (χ3v) is 3.74. The lowest BCUT2D eigenvalue weighted by molar-refractivity contribution is 0.150. The van der Waals surface area contributed by atoms with Gasteiger partial charge in [0.2, 0.25) is 0 Å². The molecule has 96 valence electrons. The van der Waals surface area contributed by atoms with E-state index in [0.29, 0.717) is 0 Å². The molecule has 0 radical (unpaired) electrons. The van der Waals surface area contributed by atoms with Crippen LogP contribution in [-0.2, 0) is 0 Å². The molecule has 16 heavy (non-hydrogen) atoms. The van der Waals surface area contributed by atoms with Gasteiger partial charge in [0.25, 0.3) is 0 Å². The Balaban J connectivity index is 2.47. The van der Waals surface area contributed by atoms with E-state index in [2.05, 4.69) is 25.7 Å². The first-order valence-corrected chi connectivity index (χ1v) is 7.11. The van der Waals surface area contributed by atoms with Crippen LogP contribution in [0.4, 0.5) is 0 Å². The van der Waals surface area contributed by atoms with Gasteiger partial charge in [0.05, 0.1) is 0 Å². The standard InChI is InChI=1S/C14H30N2/c1-4-9-16(10-5-2)12-14(15)8-6-7-13(3)11-14/h13H,4-12,15H2,1-3H3. The maximum absolute atomic E-state index is 6.57. The van der Waals surface area contributed by atoms with Crippen molar-refractivity contribution in [2.75, 3.05) is 19.6 Å². The van der Waals surface area contributed by atoms with Gasteiger partial charge in [0.1, 0.15) is 0 Å². The molecule has 1 fully saturated rings. The molecule has 0 aromatic carbocycles. The molecule has 2 N–H and O–H groups in total. The van der Waals surface area contributed by atoms with E-state index in [1.165, 1.54) is 51.6 Å². The second-order valence-electron chi connectivity index (χ2n) is 5.84. The Labute approximate surface area is 102 Å². The molecule has 2 heteroatoms. The van der Waals surface area contributed by atoms with Gasteiger partial charge in [-0.15, -0.1) is 0 Å². The van der Waals surface area contributed by atoms with E-state index in [0.717, 1.165) is 12.5 Å². The van der Waals surface area contributed by atoms with E-state index >= 15 is 0 Å². The lowest BCUT2D eigenvalue weighted by Gasteiger charge is -2.40. The highest BCUT2D eigenvalue weighted by atomic mass is 15.1. The van der Waals surface area contributed by atoms with E-state index in [9.17, 15) is 0 Å². The maximum Gasteiger partial charge on any atom is 0.0285 e. The van der Waals surface area contributed by atoms with Crippen LogP contribution < -0.4 is 5.73 Å². The van der Waals surface area contributed by atoms with Crippen molar-refractivity contribution in [3.05, 3.63) is 0 Å². The van der Waals surface area contributed by atoms with E-state index in [1.54, 1.807) is 0 Å².